The van der Waals surface area contributed by atoms with Gasteiger partial charge in [-0.1, -0.05) is 20.8 Å². The van der Waals surface area contributed by atoms with Crippen LogP contribution in [-0.2, 0) is 9.53 Å². The third-order valence-electron chi connectivity index (χ3n) is 6.90. The average Bonchev–Trinajstić information content (AvgIpc) is 2.73. The van der Waals surface area contributed by atoms with Crippen LogP contribution >= 0.6 is 0 Å². The quantitative estimate of drug-likeness (QED) is 0.842. The highest BCUT2D eigenvalue weighted by molar-refractivity contribution is 5.80. The van der Waals surface area contributed by atoms with Crippen molar-refractivity contribution in [3.8, 4) is 0 Å². The molecule has 3 rings (SSSR count). The summed E-state index contributed by atoms with van der Waals surface area (Å²) in [6, 6.07) is 0.351. The van der Waals surface area contributed by atoms with E-state index >= 15 is 0 Å². The number of rotatable bonds is 5. The minimum atomic E-state index is 0.242. The highest BCUT2D eigenvalue weighted by Gasteiger charge is 2.62. The molecule has 1 saturated heterocycles. The van der Waals surface area contributed by atoms with Crippen molar-refractivity contribution in [2.24, 2.45) is 22.7 Å². The first-order chi connectivity index (χ1) is 9.87. The summed E-state index contributed by atoms with van der Waals surface area (Å²) in [5.41, 5.74) is 0.683. The smallest absolute Gasteiger partial charge is 0.223 e. The number of methoxy groups -OCH3 is 1. The second kappa shape index (κ2) is 5.24. The maximum absolute atomic E-state index is 12.6. The summed E-state index contributed by atoms with van der Waals surface area (Å²) in [6.07, 6.45) is 3.60. The maximum Gasteiger partial charge on any atom is 0.223 e. The van der Waals surface area contributed by atoms with Crippen LogP contribution < -0.4 is 5.32 Å². The van der Waals surface area contributed by atoms with E-state index in [-0.39, 0.29) is 5.92 Å². The summed E-state index contributed by atoms with van der Waals surface area (Å²) in [5, 5.41) is 3.28. The van der Waals surface area contributed by atoms with Gasteiger partial charge in [-0.25, -0.2) is 0 Å². The van der Waals surface area contributed by atoms with Crippen molar-refractivity contribution in [2.45, 2.75) is 46.1 Å². The molecular formula is C17H30N2O2. The fourth-order valence-electron chi connectivity index (χ4n) is 4.95. The zero-order valence-electron chi connectivity index (χ0n) is 13.9. The van der Waals surface area contributed by atoms with Crippen molar-refractivity contribution in [2.75, 3.05) is 33.4 Å². The van der Waals surface area contributed by atoms with Crippen molar-refractivity contribution in [1.29, 1.82) is 0 Å². The highest BCUT2D eigenvalue weighted by Crippen LogP contribution is 2.67. The summed E-state index contributed by atoms with van der Waals surface area (Å²) in [7, 11) is 1.73. The zero-order chi connectivity index (χ0) is 15.3. The van der Waals surface area contributed by atoms with E-state index in [9.17, 15) is 4.79 Å². The molecule has 0 aromatic heterocycles. The van der Waals surface area contributed by atoms with E-state index in [1.165, 1.54) is 12.8 Å². The standard InChI is InChI=1S/C17H30N2O2/c1-16(2)14-5-6-17(16,3)9-13(14)15(20)18-12-10-19(11-12)7-8-21-4/h12-14H,5-11H2,1-4H3,(H,18,20)/t13-,14-,17+/m1/s1. The van der Waals surface area contributed by atoms with Crippen LogP contribution in [0.4, 0.5) is 0 Å². The lowest BCUT2D eigenvalue weighted by molar-refractivity contribution is -0.129. The second-order valence-electron chi connectivity index (χ2n) is 8.20. The lowest BCUT2D eigenvalue weighted by Crippen LogP contribution is -2.60. The fourth-order valence-corrected chi connectivity index (χ4v) is 4.95. The monoisotopic (exact) mass is 294 g/mol. The third-order valence-corrected chi connectivity index (χ3v) is 6.90. The van der Waals surface area contributed by atoms with E-state index in [0.717, 1.165) is 32.7 Å². The summed E-state index contributed by atoms with van der Waals surface area (Å²) in [4.78, 5) is 15.0. The van der Waals surface area contributed by atoms with Crippen LogP contribution in [0.1, 0.15) is 40.0 Å². The van der Waals surface area contributed by atoms with Crippen LogP contribution in [0.3, 0.4) is 0 Å². The highest BCUT2D eigenvalue weighted by atomic mass is 16.5. The molecule has 0 radical (unpaired) electrons. The van der Waals surface area contributed by atoms with E-state index in [2.05, 4.69) is 31.0 Å². The van der Waals surface area contributed by atoms with E-state index in [1.54, 1.807) is 7.11 Å². The topological polar surface area (TPSA) is 41.6 Å². The Kier molecular flexibility index (Phi) is 3.81. The number of ether oxygens (including phenoxy) is 1. The van der Waals surface area contributed by atoms with Gasteiger partial charge >= 0.3 is 0 Å². The number of carbonyl (C=O) groups is 1. The van der Waals surface area contributed by atoms with Gasteiger partial charge in [-0.2, -0.15) is 0 Å². The molecule has 4 nitrogen and oxygen atoms in total. The molecule has 1 heterocycles. The Bertz CT molecular complexity index is 414. The van der Waals surface area contributed by atoms with E-state index in [4.69, 9.17) is 4.74 Å². The summed E-state index contributed by atoms with van der Waals surface area (Å²) < 4.78 is 5.08. The molecule has 0 spiro atoms. The third kappa shape index (κ3) is 2.40. The van der Waals surface area contributed by atoms with E-state index < -0.39 is 0 Å². The SMILES string of the molecule is COCCN1CC(NC(=O)[C@@H]2C[C@]3(C)CC[C@H]2C3(C)C)C1. The lowest BCUT2D eigenvalue weighted by atomic mass is 9.71. The zero-order valence-corrected chi connectivity index (χ0v) is 13.9. The van der Waals surface area contributed by atoms with Crippen LogP contribution in [0, 0.1) is 22.7 Å². The first-order valence-corrected chi connectivity index (χ1v) is 8.39. The predicted molar refractivity (Wildman–Crippen MR) is 83.0 cm³/mol. The van der Waals surface area contributed by atoms with Crippen LogP contribution in [0.5, 0.6) is 0 Å². The molecule has 4 heteroatoms. The van der Waals surface area contributed by atoms with Gasteiger partial charge in [0, 0.05) is 32.7 Å². The average molecular weight is 294 g/mol. The minimum absolute atomic E-state index is 0.242. The molecule has 1 amide bonds. The number of nitrogens with zero attached hydrogens (tertiary/aromatic N) is 1. The largest absolute Gasteiger partial charge is 0.383 e. The van der Waals surface area contributed by atoms with E-state index in [0.29, 0.717) is 28.7 Å². The normalized spacial score (nSPS) is 38.5. The molecule has 2 aliphatic carbocycles. The van der Waals surface area contributed by atoms with Crippen molar-refractivity contribution < 1.29 is 9.53 Å². The number of likely N-dealkylation sites (tertiary alicyclic amines) is 1. The molecule has 3 aliphatic rings. The molecule has 120 valence electrons. The van der Waals surface area contributed by atoms with Crippen molar-refractivity contribution >= 4 is 5.91 Å². The number of fused-ring (bicyclic) bond motifs is 2. The Labute approximate surface area is 128 Å². The first-order valence-electron chi connectivity index (χ1n) is 8.39. The van der Waals surface area contributed by atoms with Gasteiger partial charge in [-0.3, -0.25) is 9.69 Å². The fraction of sp³-hybridized carbons (Fsp3) is 0.941. The van der Waals surface area contributed by atoms with Gasteiger partial charge in [0.1, 0.15) is 0 Å². The lowest BCUT2D eigenvalue weighted by Gasteiger charge is -2.40. The Hall–Kier alpha value is -0.610. The van der Waals surface area contributed by atoms with Gasteiger partial charge in [0.15, 0.2) is 0 Å². The minimum Gasteiger partial charge on any atom is -0.383 e. The molecule has 21 heavy (non-hydrogen) atoms. The molecule has 2 saturated carbocycles. The molecular weight excluding hydrogens is 264 g/mol. The van der Waals surface area contributed by atoms with Crippen LogP contribution in [-0.4, -0.2) is 50.2 Å². The van der Waals surface area contributed by atoms with Gasteiger partial charge in [-0.05, 0) is 36.0 Å². The van der Waals surface area contributed by atoms with E-state index in [1.807, 2.05) is 0 Å². The van der Waals surface area contributed by atoms with Gasteiger partial charge in [0.05, 0.1) is 12.6 Å². The van der Waals surface area contributed by atoms with Crippen molar-refractivity contribution in [3.05, 3.63) is 0 Å². The van der Waals surface area contributed by atoms with Gasteiger partial charge < -0.3 is 10.1 Å². The molecule has 0 unspecified atom stereocenters. The number of nitrogens with one attached hydrogen (secondary N) is 1. The summed E-state index contributed by atoms with van der Waals surface area (Å²) in [6.45, 7) is 10.8. The maximum atomic E-state index is 12.6. The summed E-state index contributed by atoms with van der Waals surface area (Å²) in [5.74, 6) is 1.13. The Morgan fingerprint density at radius 2 is 2.05 bits per heavy atom. The molecule has 2 bridgehead atoms. The second-order valence-corrected chi connectivity index (χ2v) is 8.20. The molecule has 3 fully saturated rings. The predicted octanol–water partition coefficient (Wildman–Crippen LogP) is 1.90. The number of hydrogen-bond donors (Lipinski definition) is 1. The van der Waals surface area contributed by atoms with Crippen molar-refractivity contribution in [3.63, 3.8) is 0 Å². The summed E-state index contributed by atoms with van der Waals surface area (Å²) >= 11 is 0. The van der Waals surface area contributed by atoms with Crippen LogP contribution in [0.2, 0.25) is 0 Å². The molecule has 0 aromatic rings. The Balaban J connectivity index is 1.50. The Morgan fingerprint density at radius 1 is 1.33 bits per heavy atom. The number of carbonyl (C=O) groups excluding carboxylic acids is 1. The molecule has 0 aromatic carbocycles. The molecule has 1 aliphatic heterocycles. The van der Waals surface area contributed by atoms with Gasteiger partial charge in [0.25, 0.3) is 0 Å². The van der Waals surface area contributed by atoms with Crippen LogP contribution in [0.25, 0.3) is 0 Å². The van der Waals surface area contributed by atoms with Gasteiger partial charge in [-0.15, -0.1) is 0 Å². The Morgan fingerprint density at radius 3 is 2.57 bits per heavy atom. The van der Waals surface area contributed by atoms with Gasteiger partial charge in [0.2, 0.25) is 5.91 Å². The number of hydrogen-bond acceptors (Lipinski definition) is 3. The van der Waals surface area contributed by atoms with Crippen LogP contribution in [0.15, 0.2) is 0 Å². The molecule has 3 atom stereocenters. The number of amides is 1. The first kappa shape index (κ1) is 15.3. The van der Waals surface area contributed by atoms with Crippen molar-refractivity contribution in [1.82, 2.24) is 10.2 Å². The molecule has 1 N–H and O–H groups in total.